The number of carbonyl (C=O) groups excluding carboxylic acids is 2. The number of hydrogen-bond acceptors (Lipinski definition) is 3. The Labute approximate surface area is 172 Å². The fourth-order valence-corrected chi connectivity index (χ4v) is 3.41. The number of nitrogens with zero attached hydrogens (tertiary/aromatic N) is 1. The monoisotopic (exact) mass is 467 g/mol. The van der Waals surface area contributed by atoms with Gasteiger partial charge in [-0.2, -0.15) is 13.2 Å². The molecule has 0 unspecified atom stereocenters. The summed E-state index contributed by atoms with van der Waals surface area (Å²) in [6, 6.07) is 6.79. The van der Waals surface area contributed by atoms with Crippen LogP contribution in [0.15, 0.2) is 64.8 Å². The molecule has 1 atom stereocenters. The van der Waals surface area contributed by atoms with Crippen molar-refractivity contribution in [2.24, 2.45) is 0 Å². The largest absolute Gasteiger partial charge is 0.416 e. The highest BCUT2D eigenvalue weighted by atomic mass is 79.9. The summed E-state index contributed by atoms with van der Waals surface area (Å²) in [7, 11) is 0. The van der Waals surface area contributed by atoms with Crippen molar-refractivity contribution in [3.8, 4) is 0 Å². The molecule has 150 valence electrons. The topological polar surface area (TPSA) is 47.0 Å². The first-order chi connectivity index (χ1) is 13.7. The molecule has 1 aromatic heterocycles. The van der Waals surface area contributed by atoms with Crippen LogP contribution in [0.5, 0.6) is 0 Å². The average molecular weight is 468 g/mol. The van der Waals surface area contributed by atoms with Gasteiger partial charge in [0.15, 0.2) is 11.6 Å². The van der Waals surface area contributed by atoms with Crippen molar-refractivity contribution in [2.45, 2.75) is 24.9 Å². The van der Waals surface area contributed by atoms with Gasteiger partial charge in [-0.25, -0.2) is 4.39 Å². The van der Waals surface area contributed by atoms with Crippen LogP contribution in [0, 0.1) is 5.82 Å². The van der Waals surface area contributed by atoms with Crippen LogP contribution in [-0.2, 0) is 15.8 Å². The molecule has 3 nitrogen and oxygen atoms in total. The van der Waals surface area contributed by atoms with Crippen molar-refractivity contribution in [2.75, 3.05) is 0 Å². The number of allylic oxidation sites excluding steroid dienone is 4. The SMILES string of the molecule is O=C1CC=C(C(=O)C[C@@H](c2ccc(C(F)(F)F)cc2)c2ncccc2F)C=C1Br. The maximum atomic E-state index is 14.4. The maximum absolute atomic E-state index is 14.4. The highest BCUT2D eigenvalue weighted by Gasteiger charge is 2.31. The lowest BCUT2D eigenvalue weighted by Crippen LogP contribution is -2.15. The second kappa shape index (κ2) is 8.41. The lowest BCUT2D eigenvalue weighted by atomic mass is 9.87. The summed E-state index contributed by atoms with van der Waals surface area (Å²) in [4.78, 5) is 28.3. The number of ketones is 2. The van der Waals surface area contributed by atoms with E-state index in [4.69, 9.17) is 0 Å². The first-order valence-corrected chi connectivity index (χ1v) is 9.37. The molecule has 0 fully saturated rings. The van der Waals surface area contributed by atoms with Gasteiger partial charge >= 0.3 is 6.18 Å². The number of aromatic nitrogens is 1. The first kappa shape index (κ1) is 21.1. The zero-order chi connectivity index (χ0) is 21.2. The molecule has 0 amide bonds. The number of benzene rings is 1. The molecular formula is C21H14BrF4NO2. The minimum Gasteiger partial charge on any atom is -0.294 e. The third-order valence-corrected chi connectivity index (χ3v) is 5.20. The molecule has 0 aliphatic heterocycles. The molecule has 0 bridgehead atoms. The molecule has 0 saturated carbocycles. The highest BCUT2D eigenvalue weighted by molar-refractivity contribution is 9.12. The fraction of sp³-hybridized carbons (Fsp3) is 0.190. The van der Waals surface area contributed by atoms with Crippen molar-refractivity contribution in [3.05, 3.63) is 87.4 Å². The summed E-state index contributed by atoms with van der Waals surface area (Å²) >= 11 is 3.10. The van der Waals surface area contributed by atoms with E-state index in [1.165, 1.54) is 42.6 Å². The Morgan fingerprint density at radius 3 is 2.45 bits per heavy atom. The normalized spacial score (nSPS) is 15.6. The Bertz CT molecular complexity index is 1010. The van der Waals surface area contributed by atoms with E-state index in [-0.39, 0.29) is 40.2 Å². The molecule has 0 N–H and O–H groups in total. The van der Waals surface area contributed by atoms with Gasteiger partial charge in [0.05, 0.1) is 15.7 Å². The Morgan fingerprint density at radius 1 is 1.17 bits per heavy atom. The Hall–Kier alpha value is -2.61. The first-order valence-electron chi connectivity index (χ1n) is 8.58. The minimum atomic E-state index is -4.50. The third kappa shape index (κ3) is 4.87. The van der Waals surface area contributed by atoms with Gasteiger partial charge < -0.3 is 0 Å². The van der Waals surface area contributed by atoms with E-state index in [2.05, 4.69) is 20.9 Å². The van der Waals surface area contributed by atoms with E-state index in [9.17, 15) is 27.2 Å². The second-order valence-electron chi connectivity index (χ2n) is 6.45. The standard InChI is InChI=1S/C21H14BrF4NO2/c22-16-10-13(5-8-18(16)28)19(29)11-15(20-17(23)2-1-9-27-20)12-3-6-14(7-4-12)21(24,25)26/h1-7,9-10,15H,8,11H2/t15-/m0/s1. The van der Waals surface area contributed by atoms with E-state index in [0.717, 1.165) is 12.1 Å². The molecular weight excluding hydrogens is 454 g/mol. The molecule has 1 aliphatic rings. The van der Waals surface area contributed by atoms with Crippen LogP contribution in [0.4, 0.5) is 17.6 Å². The smallest absolute Gasteiger partial charge is 0.294 e. The molecule has 1 aromatic carbocycles. The van der Waals surface area contributed by atoms with Crippen molar-refractivity contribution in [1.82, 2.24) is 4.98 Å². The van der Waals surface area contributed by atoms with Crippen molar-refractivity contribution < 1.29 is 27.2 Å². The molecule has 8 heteroatoms. The number of hydrogen-bond donors (Lipinski definition) is 0. The van der Waals surface area contributed by atoms with Crippen LogP contribution in [0.2, 0.25) is 0 Å². The fourth-order valence-electron chi connectivity index (χ4n) is 3.00. The minimum absolute atomic E-state index is 0.0314. The van der Waals surface area contributed by atoms with Gasteiger partial charge in [-0.15, -0.1) is 0 Å². The van der Waals surface area contributed by atoms with Crippen LogP contribution >= 0.6 is 15.9 Å². The molecule has 1 aliphatic carbocycles. The predicted molar refractivity (Wildman–Crippen MR) is 102 cm³/mol. The van der Waals surface area contributed by atoms with E-state index in [0.29, 0.717) is 5.56 Å². The van der Waals surface area contributed by atoms with E-state index < -0.39 is 23.5 Å². The quantitative estimate of drug-likeness (QED) is 0.544. The lowest BCUT2D eigenvalue weighted by Gasteiger charge is -2.19. The van der Waals surface area contributed by atoms with Gasteiger partial charge in [0.2, 0.25) is 0 Å². The number of halogens is 5. The number of pyridine rings is 1. The summed E-state index contributed by atoms with van der Waals surface area (Å²) in [5.74, 6) is -2.08. The summed E-state index contributed by atoms with van der Waals surface area (Å²) < 4.78 is 53.2. The number of alkyl halides is 3. The second-order valence-corrected chi connectivity index (χ2v) is 7.30. The molecule has 0 spiro atoms. The van der Waals surface area contributed by atoms with Crippen LogP contribution in [0.3, 0.4) is 0 Å². The van der Waals surface area contributed by atoms with Gasteiger partial charge in [-0.05, 0) is 51.8 Å². The summed E-state index contributed by atoms with van der Waals surface area (Å²) in [6.07, 6.45) is -0.427. The van der Waals surface area contributed by atoms with Crippen molar-refractivity contribution >= 4 is 27.5 Å². The van der Waals surface area contributed by atoms with Gasteiger partial charge in [0.1, 0.15) is 5.82 Å². The number of rotatable bonds is 5. The van der Waals surface area contributed by atoms with Crippen molar-refractivity contribution in [3.63, 3.8) is 0 Å². The van der Waals surface area contributed by atoms with E-state index in [1.54, 1.807) is 0 Å². The Balaban J connectivity index is 1.96. The average Bonchev–Trinajstić information content (AvgIpc) is 2.68. The summed E-state index contributed by atoms with van der Waals surface area (Å²) in [6.45, 7) is 0. The highest BCUT2D eigenvalue weighted by Crippen LogP contribution is 2.34. The molecule has 0 saturated heterocycles. The van der Waals surface area contributed by atoms with E-state index >= 15 is 0 Å². The summed E-state index contributed by atoms with van der Waals surface area (Å²) in [5, 5.41) is 0. The van der Waals surface area contributed by atoms with Crippen molar-refractivity contribution in [1.29, 1.82) is 0 Å². The van der Waals surface area contributed by atoms with Gasteiger partial charge in [0.25, 0.3) is 0 Å². The molecule has 3 rings (SSSR count). The number of carbonyl (C=O) groups is 2. The maximum Gasteiger partial charge on any atom is 0.416 e. The van der Waals surface area contributed by atoms with Crippen LogP contribution < -0.4 is 0 Å². The van der Waals surface area contributed by atoms with Gasteiger partial charge in [-0.3, -0.25) is 14.6 Å². The van der Waals surface area contributed by atoms with Crippen LogP contribution in [0.1, 0.15) is 35.6 Å². The third-order valence-electron chi connectivity index (χ3n) is 4.52. The lowest BCUT2D eigenvalue weighted by molar-refractivity contribution is -0.137. The molecule has 1 heterocycles. The zero-order valence-corrected chi connectivity index (χ0v) is 16.4. The Morgan fingerprint density at radius 2 is 1.86 bits per heavy atom. The molecule has 2 aromatic rings. The summed E-state index contributed by atoms with van der Waals surface area (Å²) in [5.41, 5.74) is -0.256. The van der Waals surface area contributed by atoms with Gasteiger partial charge in [0, 0.05) is 30.5 Å². The predicted octanol–water partition coefficient (Wildman–Crippen LogP) is 5.51. The van der Waals surface area contributed by atoms with Gasteiger partial charge in [-0.1, -0.05) is 18.2 Å². The molecule has 0 radical (unpaired) electrons. The van der Waals surface area contributed by atoms with E-state index in [1.807, 2.05) is 0 Å². The molecule has 29 heavy (non-hydrogen) atoms. The number of Topliss-reactive ketones (excluding diaryl/α,β-unsaturated/α-hetero) is 2. The Kier molecular flexibility index (Phi) is 6.12. The van der Waals surface area contributed by atoms with Crippen LogP contribution in [0.25, 0.3) is 0 Å². The zero-order valence-electron chi connectivity index (χ0n) is 14.8. The van der Waals surface area contributed by atoms with Crippen LogP contribution in [-0.4, -0.2) is 16.6 Å².